The van der Waals surface area contributed by atoms with Gasteiger partial charge in [-0.25, -0.2) is 0 Å². The minimum absolute atomic E-state index is 0.162. The lowest BCUT2D eigenvalue weighted by atomic mass is 10.1. The van der Waals surface area contributed by atoms with E-state index in [1.807, 2.05) is 61.5 Å². The molecular formula is C19H18N2O2. The van der Waals surface area contributed by atoms with Gasteiger partial charge in [-0.05, 0) is 42.0 Å². The summed E-state index contributed by atoms with van der Waals surface area (Å²) in [6.07, 6.45) is 1.71. The topological polar surface area (TPSA) is 51.2 Å². The fourth-order valence-electron chi connectivity index (χ4n) is 2.44. The fraction of sp³-hybridized carbons (Fsp3) is 0.158. The summed E-state index contributed by atoms with van der Waals surface area (Å²) in [5.41, 5.74) is 1.36. The molecule has 23 heavy (non-hydrogen) atoms. The number of nitrogens with one attached hydrogen (secondary N) is 1. The van der Waals surface area contributed by atoms with Crippen LogP contribution in [0.5, 0.6) is 5.75 Å². The molecule has 116 valence electrons. The molecule has 0 fully saturated rings. The van der Waals surface area contributed by atoms with E-state index in [9.17, 15) is 4.79 Å². The van der Waals surface area contributed by atoms with Gasteiger partial charge in [-0.3, -0.25) is 9.78 Å². The molecule has 0 saturated carbocycles. The normalized spacial score (nSPS) is 10.5. The Morgan fingerprint density at radius 1 is 1.09 bits per heavy atom. The van der Waals surface area contributed by atoms with Crippen molar-refractivity contribution in [3.63, 3.8) is 0 Å². The predicted molar refractivity (Wildman–Crippen MR) is 90.5 cm³/mol. The summed E-state index contributed by atoms with van der Waals surface area (Å²) in [5.74, 6) is 0.439. The molecule has 1 aromatic heterocycles. The number of rotatable bonds is 5. The molecule has 1 heterocycles. The lowest BCUT2D eigenvalue weighted by molar-refractivity contribution is 0.0947. The summed E-state index contributed by atoms with van der Waals surface area (Å²) in [7, 11) is 0. The maximum atomic E-state index is 12.5. The molecule has 0 aliphatic heterocycles. The van der Waals surface area contributed by atoms with E-state index in [1.165, 1.54) is 0 Å². The zero-order chi connectivity index (χ0) is 16.1. The Kier molecular flexibility index (Phi) is 4.52. The van der Waals surface area contributed by atoms with E-state index >= 15 is 0 Å². The number of pyridine rings is 1. The molecule has 0 atom stereocenters. The standard InChI is InChI=1S/C19H18N2O2/c1-2-23-18-12-15-8-4-3-7-14(15)11-17(18)19(22)21-13-16-9-5-6-10-20-16/h3-12H,2,13H2,1H3,(H,21,22). The van der Waals surface area contributed by atoms with Gasteiger partial charge in [0.1, 0.15) is 5.75 Å². The lowest BCUT2D eigenvalue weighted by Crippen LogP contribution is -2.24. The minimum atomic E-state index is -0.162. The molecule has 0 spiro atoms. The number of carbonyl (C=O) groups is 1. The largest absolute Gasteiger partial charge is 0.493 e. The van der Waals surface area contributed by atoms with Gasteiger partial charge in [0.05, 0.1) is 24.4 Å². The van der Waals surface area contributed by atoms with Crippen LogP contribution in [0.1, 0.15) is 23.0 Å². The zero-order valence-corrected chi connectivity index (χ0v) is 13.0. The van der Waals surface area contributed by atoms with Gasteiger partial charge in [0.2, 0.25) is 0 Å². The van der Waals surface area contributed by atoms with Crippen molar-refractivity contribution in [1.82, 2.24) is 10.3 Å². The Bertz CT molecular complexity index is 816. The third-order valence-corrected chi connectivity index (χ3v) is 3.55. The highest BCUT2D eigenvalue weighted by atomic mass is 16.5. The van der Waals surface area contributed by atoms with Gasteiger partial charge in [-0.2, -0.15) is 0 Å². The average molecular weight is 306 g/mol. The van der Waals surface area contributed by atoms with Crippen molar-refractivity contribution in [3.8, 4) is 5.75 Å². The van der Waals surface area contributed by atoms with Crippen molar-refractivity contribution in [2.45, 2.75) is 13.5 Å². The molecular weight excluding hydrogens is 288 g/mol. The third-order valence-electron chi connectivity index (χ3n) is 3.55. The van der Waals surface area contributed by atoms with Gasteiger partial charge in [-0.15, -0.1) is 0 Å². The monoisotopic (exact) mass is 306 g/mol. The summed E-state index contributed by atoms with van der Waals surface area (Å²) in [6, 6.07) is 17.3. The van der Waals surface area contributed by atoms with Crippen LogP contribution in [0.25, 0.3) is 10.8 Å². The second-order valence-electron chi connectivity index (χ2n) is 5.13. The van der Waals surface area contributed by atoms with Gasteiger partial charge >= 0.3 is 0 Å². The third kappa shape index (κ3) is 3.48. The number of benzene rings is 2. The van der Waals surface area contributed by atoms with Crippen molar-refractivity contribution in [3.05, 3.63) is 72.1 Å². The van der Waals surface area contributed by atoms with Crippen LogP contribution < -0.4 is 10.1 Å². The summed E-state index contributed by atoms with van der Waals surface area (Å²) in [5, 5.41) is 4.96. The van der Waals surface area contributed by atoms with Gasteiger partial charge in [0.15, 0.2) is 0 Å². The van der Waals surface area contributed by atoms with Gasteiger partial charge in [-0.1, -0.05) is 30.3 Å². The Morgan fingerprint density at radius 3 is 2.52 bits per heavy atom. The number of nitrogens with zero attached hydrogens (tertiary/aromatic N) is 1. The van der Waals surface area contributed by atoms with Crippen molar-refractivity contribution < 1.29 is 9.53 Å². The molecule has 4 nitrogen and oxygen atoms in total. The van der Waals surface area contributed by atoms with Gasteiger partial charge in [0, 0.05) is 6.20 Å². The molecule has 0 unspecified atom stereocenters. The average Bonchev–Trinajstić information content (AvgIpc) is 2.60. The van der Waals surface area contributed by atoms with E-state index in [4.69, 9.17) is 4.74 Å². The van der Waals surface area contributed by atoms with Crippen LogP contribution in [0, 0.1) is 0 Å². The maximum absolute atomic E-state index is 12.5. The second-order valence-corrected chi connectivity index (χ2v) is 5.13. The quantitative estimate of drug-likeness (QED) is 0.784. The Labute approximate surface area is 135 Å². The predicted octanol–water partition coefficient (Wildman–Crippen LogP) is 3.56. The number of fused-ring (bicyclic) bond motifs is 1. The molecule has 0 aliphatic carbocycles. The van der Waals surface area contributed by atoms with Crippen LogP contribution in [0.2, 0.25) is 0 Å². The summed E-state index contributed by atoms with van der Waals surface area (Å²) in [6.45, 7) is 2.81. The number of carbonyl (C=O) groups excluding carboxylic acids is 1. The number of aromatic nitrogens is 1. The first-order valence-electron chi connectivity index (χ1n) is 7.61. The number of ether oxygens (including phenoxy) is 1. The number of hydrogen-bond acceptors (Lipinski definition) is 3. The smallest absolute Gasteiger partial charge is 0.255 e. The summed E-state index contributed by atoms with van der Waals surface area (Å²) >= 11 is 0. The highest BCUT2D eigenvalue weighted by molar-refractivity contribution is 6.01. The second kappa shape index (κ2) is 6.92. The van der Waals surface area contributed by atoms with Crippen LogP contribution in [0.3, 0.4) is 0 Å². The summed E-state index contributed by atoms with van der Waals surface area (Å²) in [4.78, 5) is 16.7. The van der Waals surface area contributed by atoms with E-state index in [1.54, 1.807) is 6.20 Å². The molecule has 1 N–H and O–H groups in total. The van der Waals surface area contributed by atoms with E-state index in [0.717, 1.165) is 16.5 Å². The van der Waals surface area contributed by atoms with Gasteiger partial charge < -0.3 is 10.1 Å². The molecule has 4 heteroatoms. The van der Waals surface area contributed by atoms with Crippen molar-refractivity contribution >= 4 is 16.7 Å². The Hall–Kier alpha value is -2.88. The minimum Gasteiger partial charge on any atom is -0.493 e. The molecule has 0 aliphatic rings. The van der Waals surface area contributed by atoms with E-state index < -0.39 is 0 Å². The molecule has 1 amide bonds. The van der Waals surface area contributed by atoms with E-state index in [2.05, 4.69) is 10.3 Å². The first-order chi connectivity index (χ1) is 11.3. The van der Waals surface area contributed by atoms with Crippen molar-refractivity contribution in [2.75, 3.05) is 6.61 Å². The van der Waals surface area contributed by atoms with Crippen molar-refractivity contribution in [1.29, 1.82) is 0 Å². The molecule has 0 bridgehead atoms. The summed E-state index contributed by atoms with van der Waals surface area (Å²) < 4.78 is 5.64. The number of amides is 1. The fourth-order valence-corrected chi connectivity index (χ4v) is 2.44. The molecule has 3 aromatic rings. The molecule has 3 rings (SSSR count). The van der Waals surface area contributed by atoms with Crippen molar-refractivity contribution in [2.24, 2.45) is 0 Å². The first kappa shape index (κ1) is 15.0. The lowest BCUT2D eigenvalue weighted by Gasteiger charge is -2.12. The highest BCUT2D eigenvalue weighted by Crippen LogP contribution is 2.26. The Balaban J connectivity index is 1.87. The van der Waals surface area contributed by atoms with Crippen LogP contribution in [-0.2, 0) is 6.54 Å². The van der Waals surface area contributed by atoms with Gasteiger partial charge in [0.25, 0.3) is 5.91 Å². The van der Waals surface area contributed by atoms with Crippen LogP contribution in [0.15, 0.2) is 60.8 Å². The van der Waals surface area contributed by atoms with Crippen LogP contribution in [0.4, 0.5) is 0 Å². The molecule has 0 radical (unpaired) electrons. The van der Waals surface area contributed by atoms with E-state index in [-0.39, 0.29) is 5.91 Å². The molecule has 2 aromatic carbocycles. The number of hydrogen-bond donors (Lipinski definition) is 1. The van der Waals surface area contributed by atoms with Crippen LogP contribution >= 0.6 is 0 Å². The SMILES string of the molecule is CCOc1cc2ccccc2cc1C(=O)NCc1ccccn1. The first-order valence-corrected chi connectivity index (χ1v) is 7.61. The van der Waals surface area contributed by atoms with E-state index in [0.29, 0.717) is 24.5 Å². The highest BCUT2D eigenvalue weighted by Gasteiger charge is 2.14. The molecule has 0 saturated heterocycles. The maximum Gasteiger partial charge on any atom is 0.255 e. The van der Waals surface area contributed by atoms with Crippen LogP contribution in [-0.4, -0.2) is 17.5 Å². The Morgan fingerprint density at radius 2 is 1.83 bits per heavy atom. The zero-order valence-electron chi connectivity index (χ0n) is 13.0.